The van der Waals surface area contributed by atoms with Gasteiger partial charge in [-0.1, -0.05) is 26.7 Å². The third kappa shape index (κ3) is 7.56. The van der Waals surface area contributed by atoms with E-state index in [1.54, 1.807) is 0 Å². The van der Waals surface area contributed by atoms with E-state index in [0.717, 1.165) is 25.4 Å². The van der Waals surface area contributed by atoms with Crippen LogP contribution >= 0.6 is 24.4 Å². The Bertz CT molecular complexity index is 362. The maximum absolute atomic E-state index is 5.34. The lowest BCUT2D eigenvalue weighted by Crippen LogP contribution is -3.05. The zero-order valence-corrected chi connectivity index (χ0v) is 15.9. The molecule has 1 aliphatic carbocycles. The first kappa shape index (κ1) is 19.4. The Balaban J connectivity index is 2.15. The third-order valence-electron chi connectivity index (χ3n) is 4.45. The van der Waals surface area contributed by atoms with Crippen molar-refractivity contribution in [1.29, 1.82) is 0 Å². The smallest absolute Gasteiger partial charge is 0.185 e. The molecule has 0 aromatic carbocycles. The summed E-state index contributed by atoms with van der Waals surface area (Å²) in [4.78, 5) is 1.44. The highest BCUT2D eigenvalue weighted by Gasteiger charge is 2.27. The van der Waals surface area contributed by atoms with Crippen LogP contribution in [0, 0.1) is 11.8 Å². The summed E-state index contributed by atoms with van der Waals surface area (Å²) in [5, 5.41) is 7.78. The Morgan fingerprint density at radius 2 is 1.77 bits per heavy atom. The molecule has 1 rings (SSSR count). The molecule has 0 spiro atoms. The molecule has 0 unspecified atom stereocenters. The van der Waals surface area contributed by atoms with Gasteiger partial charge in [0.2, 0.25) is 0 Å². The number of hydrazine groups is 1. The Morgan fingerprint density at radius 3 is 2.45 bits per heavy atom. The van der Waals surface area contributed by atoms with E-state index in [0.29, 0.717) is 22.2 Å². The van der Waals surface area contributed by atoms with E-state index in [2.05, 4.69) is 49.4 Å². The maximum atomic E-state index is 5.34. The average Bonchev–Trinajstić information content (AvgIpc) is 2.46. The first-order chi connectivity index (χ1) is 10.4. The van der Waals surface area contributed by atoms with Crippen LogP contribution in [0.1, 0.15) is 39.5 Å². The number of rotatable bonds is 5. The molecule has 0 aromatic heterocycles. The molecule has 1 aliphatic rings. The van der Waals surface area contributed by atoms with Crippen LogP contribution in [0.25, 0.3) is 0 Å². The molecular weight excluding hydrogens is 314 g/mol. The van der Waals surface area contributed by atoms with Crippen molar-refractivity contribution in [2.45, 2.75) is 45.6 Å². The van der Waals surface area contributed by atoms with Crippen LogP contribution in [0.3, 0.4) is 0 Å². The SMILES string of the molecule is C[C@@H]1[C@@H](C)CCC[C@H]1NC(=S)NNC(=S)NCCC[NH+](C)C. The van der Waals surface area contributed by atoms with Gasteiger partial charge < -0.3 is 15.5 Å². The molecular formula is C15H32N5S2+. The van der Waals surface area contributed by atoms with Gasteiger partial charge >= 0.3 is 0 Å². The summed E-state index contributed by atoms with van der Waals surface area (Å²) in [6.45, 7) is 6.62. The van der Waals surface area contributed by atoms with Gasteiger partial charge in [-0.25, -0.2) is 0 Å². The molecule has 1 fully saturated rings. The van der Waals surface area contributed by atoms with Crippen LogP contribution in [0.15, 0.2) is 0 Å². The lowest BCUT2D eigenvalue weighted by atomic mass is 9.78. The zero-order valence-electron chi connectivity index (χ0n) is 14.3. The van der Waals surface area contributed by atoms with Crippen LogP contribution in [0.5, 0.6) is 0 Å². The maximum Gasteiger partial charge on any atom is 0.185 e. The lowest BCUT2D eigenvalue weighted by Gasteiger charge is -2.35. The van der Waals surface area contributed by atoms with E-state index in [1.807, 2.05) is 0 Å². The molecule has 0 aromatic rings. The summed E-state index contributed by atoms with van der Waals surface area (Å²) in [6, 6.07) is 0.454. The number of nitrogens with one attached hydrogen (secondary N) is 5. The summed E-state index contributed by atoms with van der Waals surface area (Å²) in [5.41, 5.74) is 5.92. The standard InChI is InChI=1S/C15H31N5S2/c1-11-7-5-8-13(12(11)2)17-15(22)19-18-14(21)16-9-6-10-20(3)4/h11-13H,5-10H2,1-4H3,(H2,16,18,21)(H2,17,19,22)/p+1/t11-,12+,13+/m0/s1. The first-order valence-corrected chi connectivity index (χ1v) is 9.11. The van der Waals surface area contributed by atoms with Gasteiger partial charge in [0, 0.05) is 19.0 Å². The normalized spacial score (nSPS) is 24.7. The Labute approximate surface area is 145 Å². The van der Waals surface area contributed by atoms with Gasteiger partial charge in [0.1, 0.15) is 0 Å². The predicted molar refractivity (Wildman–Crippen MR) is 101 cm³/mol. The molecule has 0 aliphatic heterocycles. The van der Waals surface area contributed by atoms with Crippen molar-refractivity contribution in [2.75, 3.05) is 27.2 Å². The van der Waals surface area contributed by atoms with E-state index in [9.17, 15) is 0 Å². The summed E-state index contributed by atoms with van der Waals surface area (Å²) in [7, 11) is 4.30. The molecule has 1 saturated carbocycles. The minimum atomic E-state index is 0.454. The zero-order chi connectivity index (χ0) is 16.5. The summed E-state index contributed by atoms with van der Waals surface area (Å²) < 4.78 is 0. The second-order valence-corrected chi connectivity index (χ2v) is 7.48. The molecule has 0 heterocycles. The van der Waals surface area contributed by atoms with E-state index < -0.39 is 0 Å². The van der Waals surface area contributed by atoms with Crippen molar-refractivity contribution in [2.24, 2.45) is 11.8 Å². The number of thiocarbonyl (C=S) groups is 2. The Hall–Kier alpha value is -0.660. The molecule has 3 atom stereocenters. The number of hydrogen-bond donors (Lipinski definition) is 5. The fourth-order valence-electron chi connectivity index (χ4n) is 2.79. The van der Waals surface area contributed by atoms with Gasteiger partial charge in [0.15, 0.2) is 10.2 Å². The van der Waals surface area contributed by atoms with Crippen molar-refractivity contribution in [3.05, 3.63) is 0 Å². The fourth-order valence-corrected chi connectivity index (χ4v) is 3.15. The van der Waals surface area contributed by atoms with Crippen molar-refractivity contribution < 1.29 is 4.90 Å². The number of hydrogen-bond acceptors (Lipinski definition) is 2. The van der Waals surface area contributed by atoms with Crippen LogP contribution < -0.4 is 26.4 Å². The second kappa shape index (κ2) is 10.2. The third-order valence-corrected chi connectivity index (χ3v) is 4.92. The summed E-state index contributed by atoms with van der Waals surface area (Å²) in [5.74, 6) is 1.40. The predicted octanol–water partition coefficient (Wildman–Crippen LogP) is 0.189. The van der Waals surface area contributed by atoms with Gasteiger partial charge in [0.05, 0.1) is 20.6 Å². The number of quaternary nitrogens is 1. The van der Waals surface area contributed by atoms with Gasteiger partial charge in [-0.2, -0.15) is 0 Å². The Kier molecular flexibility index (Phi) is 8.97. The minimum absolute atomic E-state index is 0.454. The molecule has 0 saturated heterocycles. The van der Waals surface area contributed by atoms with Crippen LogP contribution in [0.4, 0.5) is 0 Å². The van der Waals surface area contributed by atoms with Crippen LogP contribution in [-0.2, 0) is 0 Å². The molecule has 0 amide bonds. The van der Waals surface area contributed by atoms with Crippen molar-refractivity contribution >= 4 is 34.7 Å². The molecule has 5 nitrogen and oxygen atoms in total. The molecule has 128 valence electrons. The summed E-state index contributed by atoms with van der Waals surface area (Å²) >= 11 is 10.6. The second-order valence-electron chi connectivity index (χ2n) is 6.66. The van der Waals surface area contributed by atoms with Crippen molar-refractivity contribution in [3.63, 3.8) is 0 Å². The average molecular weight is 347 g/mol. The lowest BCUT2D eigenvalue weighted by molar-refractivity contribution is -0.858. The largest absolute Gasteiger partial charge is 0.361 e. The van der Waals surface area contributed by atoms with Gasteiger partial charge in [0.25, 0.3) is 0 Å². The first-order valence-electron chi connectivity index (χ1n) is 8.29. The molecule has 0 bridgehead atoms. The fraction of sp³-hybridized carbons (Fsp3) is 0.867. The minimum Gasteiger partial charge on any atom is -0.361 e. The van der Waals surface area contributed by atoms with E-state index in [1.165, 1.54) is 24.2 Å². The Morgan fingerprint density at radius 1 is 1.09 bits per heavy atom. The molecule has 22 heavy (non-hydrogen) atoms. The molecule has 0 radical (unpaired) electrons. The highest BCUT2D eigenvalue weighted by atomic mass is 32.1. The quantitative estimate of drug-likeness (QED) is 0.278. The van der Waals surface area contributed by atoms with E-state index in [4.69, 9.17) is 24.4 Å². The van der Waals surface area contributed by atoms with E-state index in [-0.39, 0.29) is 0 Å². The highest BCUT2D eigenvalue weighted by molar-refractivity contribution is 7.80. The van der Waals surface area contributed by atoms with Crippen LogP contribution in [0.2, 0.25) is 0 Å². The van der Waals surface area contributed by atoms with Gasteiger partial charge in [-0.15, -0.1) is 0 Å². The van der Waals surface area contributed by atoms with Crippen molar-refractivity contribution in [1.82, 2.24) is 21.5 Å². The van der Waals surface area contributed by atoms with E-state index >= 15 is 0 Å². The topological polar surface area (TPSA) is 52.6 Å². The summed E-state index contributed by atoms with van der Waals surface area (Å²) in [6.07, 6.45) is 4.86. The van der Waals surface area contributed by atoms with Gasteiger partial charge in [-0.05, 0) is 42.7 Å². The molecule has 5 N–H and O–H groups in total. The van der Waals surface area contributed by atoms with Crippen LogP contribution in [-0.4, -0.2) is 43.5 Å². The van der Waals surface area contributed by atoms with Gasteiger partial charge in [-0.3, -0.25) is 10.9 Å². The monoisotopic (exact) mass is 346 g/mol. The highest BCUT2D eigenvalue weighted by Crippen LogP contribution is 2.29. The molecule has 7 heteroatoms. The van der Waals surface area contributed by atoms with Crippen molar-refractivity contribution in [3.8, 4) is 0 Å².